The van der Waals surface area contributed by atoms with Crippen LogP contribution in [0.5, 0.6) is 0 Å². The van der Waals surface area contributed by atoms with E-state index in [1.807, 2.05) is 0 Å². The van der Waals surface area contributed by atoms with Gasteiger partial charge in [0.05, 0.1) is 16.6 Å². The zero-order valence-electron chi connectivity index (χ0n) is 21.8. The molecule has 3 aliphatic carbocycles. The summed E-state index contributed by atoms with van der Waals surface area (Å²) in [5.74, 6) is 0. The highest BCUT2D eigenvalue weighted by Crippen LogP contribution is 2.65. The molecule has 0 atom stereocenters. The highest BCUT2D eigenvalue weighted by Gasteiger charge is 2.54. The SMILES string of the molecule is Brc1cccc(-c2nc3ccccc3c3c4c(ccc23)C2(C3=CCCC=C34)c3ccccc3-c3ccccc32)c1. The summed E-state index contributed by atoms with van der Waals surface area (Å²) in [6, 6.07) is 40.1. The average Bonchev–Trinajstić information content (AvgIpc) is 3.48. The third-order valence-corrected chi connectivity index (χ3v) is 9.64. The molecule has 0 saturated heterocycles. The first-order chi connectivity index (χ1) is 19.8. The van der Waals surface area contributed by atoms with Crippen LogP contribution in [0, 0.1) is 0 Å². The van der Waals surface area contributed by atoms with Gasteiger partial charge < -0.3 is 0 Å². The molecule has 0 amide bonds. The Balaban J connectivity index is 1.49. The van der Waals surface area contributed by atoms with Gasteiger partial charge in [0.15, 0.2) is 0 Å². The minimum absolute atomic E-state index is 0.302. The van der Waals surface area contributed by atoms with E-state index >= 15 is 0 Å². The van der Waals surface area contributed by atoms with Gasteiger partial charge in [0, 0.05) is 26.2 Å². The first-order valence-corrected chi connectivity index (χ1v) is 14.8. The molecule has 0 aliphatic heterocycles. The summed E-state index contributed by atoms with van der Waals surface area (Å²) in [7, 11) is 0. The van der Waals surface area contributed by atoms with Crippen molar-refractivity contribution in [2.75, 3.05) is 0 Å². The monoisotopic (exact) mass is 573 g/mol. The molecule has 2 heteroatoms. The fourth-order valence-electron chi connectivity index (χ4n) is 7.72. The van der Waals surface area contributed by atoms with Crippen LogP contribution in [-0.2, 0) is 5.41 Å². The maximum absolute atomic E-state index is 5.25. The molecular weight excluding hydrogens is 550 g/mol. The van der Waals surface area contributed by atoms with Crippen molar-refractivity contribution in [1.29, 1.82) is 0 Å². The van der Waals surface area contributed by atoms with Crippen LogP contribution in [0.1, 0.15) is 35.1 Å². The molecule has 1 heterocycles. The Labute approximate surface area is 241 Å². The van der Waals surface area contributed by atoms with E-state index in [9.17, 15) is 0 Å². The van der Waals surface area contributed by atoms with E-state index in [0.29, 0.717) is 0 Å². The van der Waals surface area contributed by atoms with E-state index < -0.39 is 0 Å². The molecule has 0 fully saturated rings. The molecule has 40 heavy (non-hydrogen) atoms. The Bertz CT molecular complexity index is 2080. The van der Waals surface area contributed by atoms with E-state index in [-0.39, 0.29) is 5.41 Å². The van der Waals surface area contributed by atoms with Crippen molar-refractivity contribution in [3.63, 3.8) is 0 Å². The van der Waals surface area contributed by atoms with Crippen LogP contribution >= 0.6 is 15.9 Å². The molecule has 1 aromatic heterocycles. The van der Waals surface area contributed by atoms with Gasteiger partial charge in [-0.3, -0.25) is 0 Å². The number of fused-ring (bicyclic) bond motifs is 14. The zero-order chi connectivity index (χ0) is 26.4. The van der Waals surface area contributed by atoms with Crippen molar-refractivity contribution in [2.24, 2.45) is 0 Å². The van der Waals surface area contributed by atoms with Crippen LogP contribution in [0.15, 0.2) is 131 Å². The lowest BCUT2D eigenvalue weighted by Crippen LogP contribution is -2.26. The van der Waals surface area contributed by atoms with Gasteiger partial charge in [0.25, 0.3) is 0 Å². The number of aromatic nitrogens is 1. The van der Waals surface area contributed by atoms with Crippen LogP contribution in [-0.4, -0.2) is 4.98 Å². The number of nitrogens with zero attached hydrogens (tertiary/aromatic N) is 1. The van der Waals surface area contributed by atoms with Crippen molar-refractivity contribution in [1.82, 2.24) is 4.98 Å². The molecule has 1 nitrogen and oxygen atoms in total. The molecule has 9 rings (SSSR count). The molecule has 0 saturated carbocycles. The van der Waals surface area contributed by atoms with E-state index in [1.165, 1.54) is 60.7 Å². The summed E-state index contributed by atoms with van der Waals surface area (Å²) in [6.45, 7) is 0. The Morgan fingerprint density at radius 2 is 1.35 bits per heavy atom. The average molecular weight is 575 g/mol. The lowest BCUT2D eigenvalue weighted by atomic mass is 9.69. The summed E-state index contributed by atoms with van der Waals surface area (Å²) in [5, 5.41) is 3.74. The number of allylic oxidation sites excluding steroid dienone is 4. The molecule has 0 radical (unpaired) electrons. The Kier molecular flexibility index (Phi) is 4.58. The number of para-hydroxylation sites is 1. The summed E-state index contributed by atoms with van der Waals surface area (Å²) in [5.41, 5.74) is 14.0. The predicted octanol–water partition coefficient (Wildman–Crippen LogP) is 10.2. The number of pyridine rings is 1. The number of benzene rings is 5. The molecule has 6 aromatic rings. The lowest BCUT2D eigenvalue weighted by molar-refractivity contribution is 0.783. The third-order valence-electron chi connectivity index (χ3n) is 9.15. The summed E-state index contributed by atoms with van der Waals surface area (Å²) in [6.07, 6.45) is 7.16. The normalized spacial score (nSPS) is 15.9. The third kappa shape index (κ3) is 2.75. The largest absolute Gasteiger partial charge is 0.247 e. The minimum atomic E-state index is -0.302. The standard InChI is InChI=1S/C38H24BrN/c39-24-11-9-10-23(22-24)37-29-20-21-33-36(35(29)28-15-4-8-19-34(28)40-37)27-14-3-7-18-32(27)38(33)30-16-5-1-12-25(30)26-13-2-6-17-31(26)38/h1-2,4-6,8-22H,3,7H2. The molecule has 0 bridgehead atoms. The second-order valence-electron chi connectivity index (χ2n) is 11.1. The van der Waals surface area contributed by atoms with Crippen molar-refractivity contribution >= 4 is 43.2 Å². The van der Waals surface area contributed by atoms with Crippen LogP contribution in [0.4, 0.5) is 0 Å². The number of halogens is 1. The van der Waals surface area contributed by atoms with Crippen LogP contribution in [0.25, 0.3) is 49.6 Å². The number of hydrogen-bond acceptors (Lipinski definition) is 1. The van der Waals surface area contributed by atoms with Crippen molar-refractivity contribution < 1.29 is 0 Å². The highest BCUT2D eigenvalue weighted by atomic mass is 79.9. The van der Waals surface area contributed by atoms with Gasteiger partial charge in [-0.2, -0.15) is 0 Å². The molecule has 1 spiro atoms. The van der Waals surface area contributed by atoms with E-state index in [4.69, 9.17) is 4.98 Å². The maximum atomic E-state index is 5.25. The molecule has 0 N–H and O–H groups in total. The van der Waals surface area contributed by atoms with Gasteiger partial charge >= 0.3 is 0 Å². The molecular formula is C38H24BrN. The Morgan fingerprint density at radius 3 is 2.15 bits per heavy atom. The Hall–Kier alpha value is -4.27. The van der Waals surface area contributed by atoms with Crippen LogP contribution in [0.2, 0.25) is 0 Å². The maximum Gasteiger partial charge on any atom is 0.0788 e. The topological polar surface area (TPSA) is 12.9 Å². The van der Waals surface area contributed by atoms with Gasteiger partial charge in [0.2, 0.25) is 0 Å². The van der Waals surface area contributed by atoms with Crippen molar-refractivity contribution in [2.45, 2.75) is 18.3 Å². The molecule has 5 aromatic carbocycles. The molecule has 188 valence electrons. The predicted molar refractivity (Wildman–Crippen MR) is 169 cm³/mol. The van der Waals surface area contributed by atoms with Gasteiger partial charge in [-0.1, -0.05) is 119 Å². The second kappa shape index (κ2) is 8.13. The summed E-state index contributed by atoms with van der Waals surface area (Å²) < 4.78 is 1.06. The number of rotatable bonds is 1. The fraction of sp³-hybridized carbons (Fsp3) is 0.0789. The van der Waals surface area contributed by atoms with E-state index in [2.05, 4.69) is 137 Å². The van der Waals surface area contributed by atoms with E-state index in [0.717, 1.165) is 34.1 Å². The first-order valence-electron chi connectivity index (χ1n) is 14.0. The zero-order valence-corrected chi connectivity index (χ0v) is 23.4. The highest BCUT2D eigenvalue weighted by molar-refractivity contribution is 9.10. The van der Waals surface area contributed by atoms with Crippen molar-refractivity contribution in [3.8, 4) is 22.4 Å². The summed E-state index contributed by atoms with van der Waals surface area (Å²) >= 11 is 3.70. The summed E-state index contributed by atoms with van der Waals surface area (Å²) in [4.78, 5) is 5.25. The molecule has 0 unspecified atom stereocenters. The molecule has 3 aliphatic rings. The quantitative estimate of drug-likeness (QED) is 0.178. The smallest absolute Gasteiger partial charge is 0.0788 e. The van der Waals surface area contributed by atoms with Gasteiger partial charge in [-0.25, -0.2) is 4.98 Å². The fourth-order valence-corrected chi connectivity index (χ4v) is 8.12. The Morgan fingerprint density at radius 1 is 0.625 bits per heavy atom. The van der Waals surface area contributed by atoms with Crippen molar-refractivity contribution in [3.05, 3.63) is 154 Å². The van der Waals surface area contributed by atoms with Gasteiger partial charge in [-0.15, -0.1) is 0 Å². The van der Waals surface area contributed by atoms with E-state index in [1.54, 1.807) is 0 Å². The lowest BCUT2D eigenvalue weighted by Gasteiger charge is -2.31. The number of hydrogen-bond donors (Lipinski definition) is 0. The second-order valence-corrected chi connectivity index (χ2v) is 12.0. The van der Waals surface area contributed by atoms with Crippen LogP contribution in [0.3, 0.4) is 0 Å². The minimum Gasteiger partial charge on any atom is -0.247 e. The van der Waals surface area contributed by atoms with Gasteiger partial charge in [-0.05, 0) is 75.6 Å². The van der Waals surface area contributed by atoms with Crippen LogP contribution < -0.4 is 0 Å². The van der Waals surface area contributed by atoms with Gasteiger partial charge in [0.1, 0.15) is 0 Å². The first kappa shape index (κ1) is 22.5.